The number of nitriles is 1. The number of benzene rings is 3. The normalized spacial score (nSPS) is 15.8. The quantitative estimate of drug-likeness (QED) is 0.596. The van der Waals surface area contributed by atoms with E-state index in [4.69, 9.17) is 19.9 Å². The molecular weight excluding hydrogens is 404 g/mol. The lowest BCUT2D eigenvalue weighted by molar-refractivity contribution is -0.140. The first kappa shape index (κ1) is 21.0. The van der Waals surface area contributed by atoms with Gasteiger partial charge in [-0.1, -0.05) is 54.6 Å². The Bertz CT molecular complexity index is 1290. The number of nitrogens with zero attached hydrogens (tertiary/aromatic N) is 1. The van der Waals surface area contributed by atoms with Gasteiger partial charge in [0.25, 0.3) is 0 Å². The Morgan fingerprint density at radius 3 is 2.53 bits per heavy atom. The fraction of sp³-hybridized carbons (Fsp3) is 0.154. The second-order valence-corrected chi connectivity index (χ2v) is 7.43. The standard InChI is InChI=1S/C26H22N2O4/c1-16-23(26(29)31-15-17-6-4-3-5-7-17)24(22(14-27)25(28)32-16)20-9-8-19-13-21(30-2)11-10-18(19)12-20/h3-13,24H,15,28H2,1-2H3. The Balaban J connectivity index is 1.73. The van der Waals surface area contributed by atoms with Gasteiger partial charge in [0.15, 0.2) is 0 Å². The molecule has 1 atom stereocenters. The van der Waals surface area contributed by atoms with Gasteiger partial charge in [-0.2, -0.15) is 5.26 Å². The number of hydrogen-bond donors (Lipinski definition) is 1. The van der Waals surface area contributed by atoms with Crippen LogP contribution in [0.5, 0.6) is 5.75 Å². The third kappa shape index (κ3) is 4.01. The molecule has 1 unspecified atom stereocenters. The van der Waals surface area contributed by atoms with Gasteiger partial charge < -0.3 is 19.9 Å². The highest BCUT2D eigenvalue weighted by Crippen LogP contribution is 2.40. The molecule has 0 fully saturated rings. The van der Waals surface area contributed by atoms with Gasteiger partial charge >= 0.3 is 5.97 Å². The van der Waals surface area contributed by atoms with Crippen molar-refractivity contribution in [2.24, 2.45) is 5.73 Å². The molecule has 0 saturated carbocycles. The van der Waals surface area contributed by atoms with E-state index in [2.05, 4.69) is 6.07 Å². The zero-order chi connectivity index (χ0) is 22.7. The summed E-state index contributed by atoms with van der Waals surface area (Å²) in [5.41, 5.74) is 8.07. The second kappa shape index (κ2) is 8.86. The molecule has 1 heterocycles. The van der Waals surface area contributed by atoms with E-state index in [0.29, 0.717) is 5.76 Å². The third-order valence-electron chi connectivity index (χ3n) is 5.44. The topological polar surface area (TPSA) is 94.6 Å². The number of nitrogens with two attached hydrogens (primary N) is 1. The number of carbonyl (C=O) groups excluding carboxylic acids is 1. The zero-order valence-electron chi connectivity index (χ0n) is 17.8. The summed E-state index contributed by atoms with van der Waals surface area (Å²) in [7, 11) is 1.62. The van der Waals surface area contributed by atoms with Crippen LogP contribution in [0.3, 0.4) is 0 Å². The van der Waals surface area contributed by atoms with Crippen molar-refractivity contribution in [3.8, 4) is 11.8 Å². The molecule has 0 radical (unpaired) electrons. The summed E-state index contributed by atoms with van der Waals surface area (Å²) in [6.07, 6.45) is 0. The predicted octanol–water partition coefficient (Wildman–Crippen LogP) is 4.67. The second-order valence-electron chi connectivity index (χ2n) is 7.43. The fourth-order valence-corrected chi connectivity index (χ4v) is 3.83. The Morgan fingerprint density at radius 2 is 1.81 bits per heavy atom. The van der Waals surface area contributed by atoms with E-state index in [1.54, 1.807) is 14.0 Å². The molecule has 32 heavy (non-hydrogen) atoms. The lowest BCUT2D eigenvalue weighted by Gasteiger charge is -2.27. The number of ether oxygens (including phenoxy) is 3. The highest BCUT2D eigenvalue weighted by molar-refractivity contribution is 5.93. The molecule has 1 aliphatic rings. The lowest BCUT2D eigenvalue weighted by Crippen LogP contribution is -2.25. The van der Waals surface area contributed by atoms with Crippen molar-refractivity contribution in [2.45, 2.75) is 19.4 Å². The van der Waals surface area contributed by atoms with Crippen molar-refractivity contribution < 1.29 is 19.0 Å². The van der Waals surface area contributed by atoms with E-state index in [0.717, 1.165) is 27.6 Å². The van der Waals surface area contributed by atoms with Crippen LogP contribution < -0.4 is 10.5 Å². The highest BCUT2D eigenvalue weighted by atomic mass is 16.5. The summed E-state index contributed by atoms with van der Waals surface area (Å²) in [6, 6.07) is 23.0. The first-order valence-corrected chi connectivity index (χ1v) is 10.1. The third-order valence-corrected chi connectivity index (χ3v) is 5.44. The molecule has 0 bridgehead atoms. The van der Waals surface area contributed by atoms with E-state index in [1.165, 1.54) is 0 Å². The number of carbonyl (C=O) groups is 1. The van der Waals surface area contributed by atoms with Crippen LogP contribution >= 0.6 is 0 Å². The number of allylic oxidation sites excluding steroid dienone is 2. The number of hydrogen-bond acceptors (Lipinski definition) is 6. The average Bonchev–Trinajstić information content (AvgIpc) is 2.82. The molecule has 0 saturated heterocycles. The minimum Gasteiger partial charge on any atom is -0.497 e. The molecule has 0 aromatic heterocycles. The maximum Gasteiger partial charge on any atom is 0.338 e. The van der Waals surface area contributed by atoms with Gasteiger partial charge in [0.05, 0.1) is 18.6 Å². The monoisotopic (exact) mass is 426 g/mol. The van der Waals surface area contributed by atoms with E-state index in [-0.39, 0.29) is 23.6 Å². The van der Waals surface area contributed by atoms with Crippen LogP contribution in [0.1, 0.15) is 24.0 Å². The Hall–Kier alpha value is -4.24. The Morgan fingerprint density at radius 1 is 1.09 bits per heavy atom. The number of methoxy groups -OCH3 is 1. The molecular formula is C26H22N2O4. The van der Waals surface area contributed by atoms with Crippen molar-refractivity contribution in [3.05, 3.63) is 101 Å². The van der Waals surface area contributed by atoms with Crippen LogP contribution in [0, 0.1) is 11.3 Å². The van der Waals surface area contributed by atoms with Gasteiger partial charge in [0.1, 0.15) is 29.8 Å². The van der Waals surface area contributed by atoms with Crippen LogP contribution in [0.4, 0.5) is 0 Å². The van der Waals surface area contributed by atoms with E-state index >= 15 is 0 Å². The Labute approximate surface area is 186 Å². The van der Waals surface area contributed by atoms with Crippen molar-refractivity contribution >= 4 is 16.7 Å². The van der Waals surface area contributed by atoms with Crippen molar-refractivity contribution in [2.75, 3.05) is 7.11 Å². The van der Waals surface area contributed by atoms with E-state index < -0.39 is 11.9 Å². The van der Waals surface area contributed by atoms with Gasteiger partial charge in [-0.15, -0.1) is 0 Å². The number of esters is 1. The molecule has 6 heteroatoms. The predicted molar refractivity (Wildman–Crippen MR) is 120 cm³/mol. The maximum absolute atomic E-state index is 13.1. The van der Waals surface area contributed by atoms with Crippen molar-refractivity contribution in [1.82, 2.24) is 0 Å². The van der Waals surface area contributed by atoms with Crippen molar-refractivity contribution in [1.29, 1.82) is 5.26 Å². The molecule has 3 aromatic carbocycles. The molecule has 2 N–H and O–H groups in total. The summed E-state index contributed by atoms with van der Waals surface area (Å²) in [6.45, 7) is 1.76. The SMILES string of the molecule is COc1ccc2cc(C3C(C#N)=C(N)OC(C)=C3C(=O)OCc3ccccc3)ccc2c1. The fourth-order valence-electron chi connectivity index (χ4n) is 3.83. The van der Waals surface area contributed by atoms with Gasteiger partial charge in [0, 0.05) is 0 Å². The first-order chi connectivity index (χ1) is 15.5. The van der Waals surface area contributed by atoms with Gasteiger partial charge in [-0.25, -0.2) is 4.79 Å². The van der Waals surface area contributed by atoms with Crippen LogP contribution in [0.2, 0.25) is 0 Å². The summed E-state index contributed by atoms with van der Waals surface area (Å²) in [5.74, 6) is -0.183. The smallest absolute Gasteiger partial charge is 0.338 e. The maximum atomic E-state index is 13.1. The lowest BCUT2D eigenvalue weighted by atomic mass is 9.82. The Kier molecular flexibility index (Phi) is 5.82. The van der Waals surface area contributed by atoms with Crippen LogP contribution in [0.15, 0.2) is 89.5 Å². The minimum atomic E-state index is -0.691. The number of rotatable bonds is 5. The largest absolute Gasteiger partial charge is 0.497 e. The molecule has 0 spiro atoms. The molecule has 3 aromatic rings. The van der Waals surface area contributed by atoms with E-state index in [1.807, 2.05) is 66.7 Å². The highest BCUT2D eigenvalue weighted by Gasteiger charge is 2.36. The molecule has 0 amide bonds. The minimum absolute atomic E-state index is 0.00978. The first-order valence-electron chi connectivity index (χ1n) is 10.1. The van der Waals surface area contributed by atoms with Gasteiger partial charge in [0.2, 0.25) is 5.88 Å². The van der Waals surface area contributed by atoms with Crippen LogP contribution in [-0.2, 0) is 20.9 Å². The number of fused-ring (bicyclic) bond motifs is 1. The van der Waals surface area contributed by atoms with Gasteiger partial charge in [-0.3, -0.25) is 0 Å². The molecule has 1 aliphatic heterocycles. The molecule has 4 rings (SSSR count). The summed E-state index contributed by atoms with van der Waals surface area (Å²) in [4.78, 5) is 13.1. The van der Waals surface area contributed by atoms with E-state index in [9.17, 15) is 10.1 Å². The molecule has 160 valence electrons. The van der Waals surface area contributed by atoms with Crippen LogP contribution in [0.25, 0.3) is 10.8 Å². The molecule has 0 aliphatic carbocycles. The zero-order valence-corrected chi connectivity index (χ0v) is 17.8. The van der Waals surface area contributed by atoms with Crippen molar-refractivity contribution in [3.63, 3.8) is 0 Å². The summed E-state index contributed by atoms with van der Waals surface area (Å²) < 4.78 is 16.4. The molecule has 6 nitrogen and oxygen atoms in total. The van der Waals surface area contributed by atoms with Crippen LogP contribution in [-0.4, -0.2) is 13.1 Å². The van der Waals surface area contributed by atoms with Gasteiger partial charge in [-0.05, 0) is 41.0 Å². The summed E-state index contributed by atoms with van der Waals surface area (Å²) >= 11 is 0. The summed E-state index contributed by atoms with van der Waals surface area (Å²) in [5, 5.41) is 11.7. The average molecular weight is 426 g/mol.